The quantitative estimate of drug-likeness (QED) is 0.935. The molecule has 1 aromatic carbocycles. The molecule has 0 saturated carbocycles. The first kappa shape index (κ1) is 16.2. The molecule has 126 valence electrons. The summed E-state index contributed by atoms with van der Waals surface area (Å²) in [5.74, 6) is 0.170. The molecule has 1 amide bonds. The van der Waals surface area contributed by atoms with Crippen molar-refractivity contribution in [2.24, 2.45) is 0 Å². The molecular formula is C18H21N3O3. The standard InChI is InChI=1S/C18H21N3O3/c1-13-19-7-9-20(13)12-17(22)21-8-3-6-16(11-21)14-4-2-5-15(10-14)18(23)24/h2,4-5,7,9-10,16H,3,6,8,11-12H2,1H3,(H,23,24). The van der Waals surface area contributed by atoms with E-state index in [-0.39, 0.29) is 11.8 Å². The van der Waals surface area contributed by atoms with Crippen molar-refractivity contribution in [1.29, 1.82) is 0 Å². The molecule has 2 aromatic rings. The summed E-state index contributed by atoms with van der Waals surface area (Å²) in [6.45, 7) is 3.56. The summed E-state index contributed by atoms with van der Waals surface area (Å²) in [6, 6.07) is 7.04. The monoisotopic (exact) mass is 327 g/mol. The van der Waals surface area contributed by atoms with Crippen molar-refractivity contribution in [2.75, 3.05) is 13.1 Å². The van der Waals surface area contributed by atoms with E-state index in [2.05, 4.69) is 4.98 Å². The van der Waals surface area contributed by atoms with E-state index in [1.165, 1.54) is 0 Å². The summed E-state index contributed by atoms with van der Waals surface area (Å²) in [5, 5.41) is 9.14. The predicted molar refractivity (Wildman–Crippen MR) is 88.9 cm³/mol. The second-order valence-electron chi connectivity index (χ2n) is 6.21. The highest BCUT2D eigenvalue weighted by molar-refractivity contribution is 5.87. The molecule has 1 unspecified atom stereocenters. The summed E-state index contributed by atoms with van der Waals surface area (Å²) in [4.78, 5) is 29.7. The van der Waals surface area contributed by atoms with Crippen LogP contribution in [0, 0.1) is 6.92 Å². The molecule has 0 radical (unpaired) electrons. The number of nitrogens with zero attached hydrogens (tertiary/aromatic N) is 3. The summed E-state index contributed by atoms with van der Waals surface area (Å²) in [5.41, 5.74) is 1.29. The molecule has 1 aliphatic heterocycles. The number of carbonyl (C=O) groups excluding carboxylic acids is 1. The number of hydrogen-bond acceptors (Lipinski definition) is 3. The van der Waals surface area contributed by atoms with E-state index in [0.717, 1.165) is 30.8 Å². The highest BCUT2D eigenvalue weighted by atomic mass is 16.4. The Hall–Kier alpha value is -2.63. The number of amides is 1. The number of carboxylic acids is 1. The molecule has 1 aliphatic rings. The van der Waals surface area contributed by atoms with Crippen LogP contribution in [0.5, 0.6) is 0 Å². The van der Waals surface area contributed by atoms with Crippen molar-refractivity contribution >= 4 is 11.9 Å². The number of carboxylic acid groups (broad SMARTS) is 1. The Balaban J connectivity index is 1.70. The highest BCUT2D eigenvalue weighted by Gasteiger charge is 2.25. The summed E-state index contributed by atoms with van der Waals surface area (Å²) < 4.78 is 1.84. The van der Waals surface area contributed by atoms with Crippen LogP contribution in [0.3, 0.4) is 0 Å². The molecule has 1 N–H and O–H groups in total. The van der Waals surface area contributed by atoms with Gasteiger partial charge in [0, 0.05) is 31.4 Å². The van der Waals surface area contributed by atoms with E-state index < -0.39 is 5.97 Å². The van der Waals surface area contributed by atoms with Crippen molar-refractivity contribution in [3.8, 4) is 0 Å². The van der Waals surface area contributed by atoms with E-state index in [1.54, 1.807) is 24.4 Å². The molecule has 0 spiro atoms. The number of hydrogen-bond donors (Lipinski definition) is 1. The first-order valence-corrected chi connectivity index (χ1v) is 8.13. The Morgan fingerprint density at radius 3 is 2.92 bits per heavy atom. The van der Waals surface area contributed by atoms with E-state index >= 15 is 0 Å². The van der Waals surface area contributed by atoms with Gasteiger partial charge in [0.1, 0.15) is 12.4 Å². The van der Waals surface area contributed by atoms with Gasteiger partial charge in [-0.3, -0.25) is 4.79 Å². The number of rotatable bonds is 4. The van der Waals surface area contributed by atoms with Gasteiger partial charge in [-0.25, -0.2) is 9.78 Å². The van der Waals surface area contributed by atoms with Crippen LogP contribution in [0.4, 0.5) is 0 Å². The third kappa shape index (κ3) is 3.48. The van der Waals surface area contributed by atoms with Gasteiger partial charge in [0.2, 0.25) is 5.91 Å². The Labute approximate surface area is 140 Å². The van der Waals surface area contributed by atoms with E-state index in [0.29, 0.717) is 18.7 Å². The van der Waals surface area contributed by atoms with Gasteiger partial charge in [-0.2, -0.15) is 0 Å². The van der Waals surface area contributed by atoms with Crippen LogP contribution >= 0.6 is 0 Å². The second-order valence-corrected chi connectivity index (χ2v) is 6.21. The van der Waals surface area contributed by atoms with Crippen LogP contribution in [0.2, 0.25) is 0 Å². The molecule has 1 atom stereocenters. The average Bonchev–Trinajstić information content (AvgIpc) is 3.00. The van der Waals surface area contributed by atoms with Gasteiger partial charge in [-0.05, 0) is 37.5 Å². The number of piperidine rings is 1. The van der Waals surface area contributed by atoms with Gasteiger partial charge in [-0.15, -0.1) is 0 Å². The maximum atomic E-state index is 12.6. The molecule has 1 saturated heterocycles. The summed E-state index contributed by atoms with van der Waals surface area (Å²) >= 11 is 0. The number of likely N-dealkylation sites (tertiary alicyclic amines) is 1. The third-order valence-electron chi connectivity index (χ3n) is 4.61. The molecule has 3 rings (SSSR count). The van der Waals surface area contributed by atoms with Crippen molar-refractivity contribution in [3.05, 3.63) is 53.6 Å². The number of carbonyl (C=O) groups is 2. The zero-order valence-corrected chi connectivity index (χ0v) is 13.7. The van der Waals surface area contributed by atoms with Crippen molar-refractivity contribution in [3.63, 3.8) is 0 Å². The molecule has 0 aliphatic carbocycles. The van der Waals surface area contributed by atoms with Crippen LogP contribution < -0.4 is 0 Å². The van der Waals surface area contributed by atoms with Crippen molar-refractivity contribution in [1.82, 2.24) is 14.5 Å². The Morgan fingerprint density at radius 1 is 1.38 bits per heavy atom. The minimum Gasteiger partial charge on any atom is -0.478 e. The Kier molecular flexibility index (Phi) is 4.64. The number of benzene rings is 1. The molecule has 2 heterocycles. The zero-order valence-electron chi connectivity index (χ0n) is 13.7. The lowest BCUT2D eigenvalue weighted by atomic mass is 9.89. The minimum absolute atomic E-state index is 0.0789. The Bertz CT molecular complexity index is 753. The van der Waals surface area contributed by atoms with Gasteiger partial charge in [0.25, 0.3) is 0 Å². The molecular weight excluding hydrogens is 306 g/mol. The van der Waals surface area contributed by atoms with Gasteiger partial charge < -0.3 is 14.6 Å². The van der Waals surface area contributed by atoms with Gasteiger partial charge in [0.15, 0.2) is 0 Å². The van der Waals surface area contributed by atoms with Crippen LogP contribution in [0.25, 0.3) is 0 Å². The Morgan fingerprint density at radius 2 is 2.21 bits per heavy atom. The van der Waals surface area contributed by atoms with Crippen LogP contribution in [0.15, 0.2) is 36.7 Å². The molecule has 6 nitrogen and oxygen atoms in total. The molecule has 6 heteroatoms. The first-order valence-electron chi connectivity index (χ1n) is 8.13. The highest BCUT2D eigenvalue weighted by Crippen LogP contribution is 2.27. The number of imidazole rings is 1. The number of aromatic carboxylic acids is 1. The SMILES string of the molecule is Cc1nccn1CC(=O)N1CCCC(c2cccc(C(=O)O)c2)C1. The lowest BCUT2D eigenvalue weighted by Gasteiger charge is -2.33. The van der Waals surface area contributed by atoms with Crippen LogP contribution in [0.1, 0.15) is 40.5 Å². The maximum Gasteiger partial charge on any atom is 0.335 e. The van der Waals surface area contributed by atoms with Gasteiger partial charge in [-0.1, -0.05) is 12.1 Å². The lowest BCUT2D eigenvalue weighted by Crippen LogP contribution is -2.40. The van der Waals surface area contributed by atoms with E-state index in [9.17, 15) is 9.59 Å². The fourth-order valence-electron chi connectivity index (χ4n) is 3.22. The summed E-state index contributed by atoms with van der Waals surface area (Å²) in [7, 11) is 0. The van der Waals surface area contributed by atoms with Crippen molar-refractivity contribution < 1.29 is 14.7 Å². The van der Waals surface area contributed by atoms with E-state index in [1.807, 2.05) is 28.7 Å². The van der Waals surface area contributed by atoms with Crippen LogP contribution in [-0.4, -0.2) is 44.5 Å². The first-order chi connectivity index (χ1) is 11.5. The smallest absolute Gasteiger partial charge is 0.335 e. The zero-order chi connectivity index (χ0) is 17.1. The third-order valence-corrected chi connectivity index (χ3v) is 4.61. The second kappa shape index (κ2) is 6.86. The maximum absolute atomic E-state index is 12.6. The fraction of sp³-hybridized carbons (Fsp3) is 0.389. The topological polar surface area (TPSA) is 75.4 Å². The number of aryl methyl sites for hydroxylation is 1. The lowest BCUT2D eigenvalue weighted by molar-refractivity contribution is -0.133. The van der Waals surface area contributed by atoms with Crippen LogP contribution in [-0.2, 0) is 11.3 Å². The largest absolute Gasteiger partial charge is 0.478 e. The molecule has 24 heavy (non-hydrogen) atoms. The van der Waals surface area contributed by atoms with Crippen molar-refractivity contribution in [2.45, 2.75) is 32.2 Å². The predicted octanol–water partition coefficient (Wildman–Crippen LogP) is 2.30. The minimum atomic E-state index is -0.920. The molecule has 1 aromatic heterocycles. The van der Waals surface area contributed by atoms with Gasteiger partial charge in [0.05, 0.1) is 5.56 Å². The van der Waals surface area contributed by atoms with Gasteiger partial charge >= 0.3 is 5.97 Å². The summed E-state index contributed by atoms with van der Waals surface area (Å²) in [6.07, 6.45) is 5.40. The fourth-order valence-corrected chi connectivity index (χ4v) is 3.22. The molecule has 1 fully saturated rings. The number of aromatic nitrogens is 2. The molecule has 0 bridgehead atoms. The normalized spacial score (nSPS) is 17.7. The van der Waals surface area contributed by atoms with E-state index in [4.69, 9.17) is 5.11 Å². The average molecular weight is 327 g/mol.